The van der Waals surface area contributed by atoms with E-state index in [4.69, 9.17) is 19.8 Å². The molecular weight excluding hydrogens is 704 g/mol. The second-order valence-corrected chi connectivity index (χ2v) is 13.3. The molecule has 13 nitrogen and oxygen atoms in total. The lowest BCUT2D eigenvalue weighted by atomic mass is 9.67. The van der Waals surface area contributed by atoms with Crippen molar-refractivity contribution in [1.29, 1.82) is 0 Å². The fourth-order valence-corrected chi connectivity index (χ4v) is 6.98. The molecule has 0 unspecified atom stereocenters. The number of carboxylic acid groups (broad SMARTS) is 2. The smallest absolute Gasteiger partial charge is 0.290 e. The van der Waals surface area contributed by atoms with Crippen LogP contribution in [0, 0.1) is 0 Å². The van der Waals surface area contributed by atoms with Crippen LogP contribution in [0.15, 0.2) is 102 Å². The minimum absolute atomic E-state index is 0.0490. The number of likely N-dealkylation sites (tertiary alicyclic amines) is 1. The number of aromatic amines is 1. The number of aliphatic hydroxyl groups is 1. The maximum atomic E-state index is 12.9. The lowest BCUT2D eigenvalue weighted by molar-refractivity contribution is -0.123. The lowest BCUT2D eigenvalue weighted by Gasteiger charge is -2.42. The van der Waals surface area contributed by atoms with Gasteiger partial charge < -0.3 is 46.1 Å². The van der Waals surface area contributed by atoms with E-state index in [0.29, 0.717) is 40.9 Å². The van der Waals surface area contributed by atoms with Gasteiger partial charge in [-0.2, -0.15) is 0 Å². The summed E-state index contributed by atoms with van der Waals surface area (Å²) in [6.45, 7) is 2.71. The van der Waals surface area contributed by atoms with Crippen LogP contribution in [0.5, 0.6) is 11.5 Å². The zero-order valence-electron chi connectivity index (χ0n) is 30.6. The number of phenolic OH excluding ortho intramolecular Hbond substituents is 2. The van der Waals surface area contributed by atoms with E-state index in [1.165, 1.54) is 17.7 Å². The summed E-state index contributed by atoms with van der Waals surface area (Å²) in [7, 11) is 2.15. The second-order valence-electron chi connectivity index (χ2n) is 13.3. The predicted octanol–water partition coefficient (Wildman–Crippen LogP) is 4.54. The zero-order valence-corrected chi connectivity index (χ0v) is 30.6. The maximum Gasteiger partial charge on any atom is 0.290 e. The molecule has 1 saturated heterocycles. The number of aryl methyl sites for hydroxylation is 1. The summed E-state index contributed by atoms with van der Waals surface area (Å²) in [5, 5.41) is 52.6. The Hall–Kier alpha value is -6.02. The molecule has 0 saturated carbocycles. The van der Waals surface area contributed by atoms with Gasteiger partial charge in [0.15, 0.2) is 0 Å². The number of fused-ring (bicyclic) bond motifs is 1. The molecule has 1 amide bonds. The topological polar surface area (TPSA) is 213 Å². The van der Waals surface area contributed by atoms with E-state index in [-0.39, 0.29) is 42.1 Å². The van der Waals surface area contributed by atoms with Crippen LogP contribution in [0.4, 0.5) is 0 Å². The summed E-state index contributed by atoms with van der Waals surface area (Å²) in [4.78, 5) is 46.2. The summed E-state index contributed by atoms with van der Waals surface area (Å²) in [6.07, 6.45) is 2.59. The summed E-state index contributed by atoms with van der Waals surface area (Å²) in [5.41, 5.74) is 5.26. The number of piperidine rings is 1. The number of carbonyl (C=O) groups is 3. The Bertz CT molecular complexity index is 2060. The molecule has 0 aliphatic carbocycles. The molecular formula is C42H48N4O9. The highest BCUT2D eigenvalue weighted by Crippen LogP contribution is 2.45. The maximum absolute atomic E-state index is 12.9. The van der Waals surface area contributed by atoms with Gasteiger partial charge in [0.05, 0.1) is 11.6 Å². The predicted molar refractivity (Wildman–Crippen MR) is 209 cm³/mol. The van der Waals surface area contributed by atoms with E-state index in [1.54, 1.807) is 24.3 Å². The number of pyridine rings is 1. The molecule has 1 aliphatic heterocycles. The van der Waals surface area contributed by atoms with Crippen LogP contribution >= 0.6 is 0 Å². The van der Waals surface area contributed by atoms with Crippen LogP contribution in [-0.2, 0) is 28.0 Å². The molecule has 8 N–H and O–H groups in total. The molecule has 55 heavy (non-hydrogen) atoms. The van der Waals surface area contributed by atoms with E-state index < -0.39 is 6.10 Å². The Morgan fingerprint density at radius 2 is 1.51 bits per heavy atom. The van der Waals surface area contributed by atoms with Crippen LogP contribution in [0.25, 0.3) is 10.9 Å². The van der Waals surface area contributed by atoms with Crippen LogP contribution in [0.3, 0.4) is 0 Å². The van der Waals surface area contributed by atoms with Gasteiger partial charge in [0, 0.05) is 47.6 Å². The number of aromatic hydroxyl groups is 2. The highest BCUT2D eigenvalue weighted by molar-refractivity contribution is 5.94. The summed E-state index contributed by atoms with van der Waals surface area (Å²) >= 11 is 0. The molecule has 6 rings (SSSR count). The third kappa shape index (κ3) is 11.0. The number of H-pyrrole nitrogens is 1. The van der Waals surface area contributed by atoms with Gasteiger partial charge in [-0.25, -0.2) is 0 Å². The SMILES string of the molecule is CN1CCC(c2ccccc2)(c2cc(CCCNC(=O)c3ccc(CNC[C@H](O)c4ccc(O)c5[nH]c(=O)ccc45)cc3)ccc2O)CC1.O=CO.O=CO. The fourth-order valence-electron chi connectivity index (χ4n) is 6.98. The van der Waals surface area contributed by atoms with Crippen LogP contribution in [0.1, 0.15) is 63.5 Å². The standard InChI is InChI=1S/C40H44N4O5.2CH2O2/c1-44-22-19-40(20-23-44,30-7-3-2-4-8-30)33-24-27(11-16-34(33)45)6-5-21-42-39(49)29-12-9-28(10-13-29)25-41-26-36(47)31-14-17-35(46)38-32(31)15-18-37(48)43-38;2*2-1-3/h2-4,7-18,24,36,41,45-47H,5-6,19-23,25-26H2,1H3,(H,42,49)(H,43,48);2*1H,(H,2,3)/t36-;;/m0../s1. The fraction of sp³-hybridized carbons (Fsp3) is 0.286. The molecule has 1 atom stereocenters. The van der Waals surface area contributed by atoms with E-state index in [2.05, 4.69) is 57.9 Å². The van der Waals surface area contributed by atoms with Gasteiger partial charge in [-0.05, 0) is 98.4 Å². The average Bonchev–Trinajstić information content (AvgIpc) is 3.19. The first-order valence-corrected chi connectivity index (χ1v) is 17.9. The van der Waals surface area contributed by atoms with Crippen molar-refractivity contribution < 1.29 is 39.9 Å². The monoisotopic (exact) mass is 752 g/mol. The number of nitrogens with one attached hydrogen (secondary N) is 3. The third-order valence-electron chi connectivity index (χ3n) is 9.82. The number of phenols is 2. The van der Waals surface area contributed by atoms with Crippen LogP contribution < -0.4 is 16.2 Å². The van der Waals surface area contributed by atoms with E-state index in [9.17, 15) is 24.9 Å². The van der Waals surface area contributed by atoms with E-state index in [1.807, 2.05) is 30.3 Å². The first-order chi connectivity index (χ1) is 26.6. The van der Waals surface area contributed by atoms with Crippen molar-refractivity contribution in [1.82, 2.24) is 20.5 Å². The van der Waals surface area contributed by atoms with Crippen LogP contribution in [0.2, 0.25) is 0 Å². The summed E-state index contributed by atoms with van der Waals surface area (Å²) < 4.78 is 0. The van der Waals surface area contributed by atoms with Crippen molar-refractivity contribution in [2.75, 3.05) is 33.2 Å². The van der Waals surface area contributed by atoms with Gasteiger partial charge in [0.1, 0.15) is 11.5 Å². The normalized spacial score (nSPS) is 14.0. The minimum atomic E-state index is -0.855. The molecule has 13 heteroatoms. The Kier molecular flexibility index (Phi) is 15.5. The van der Waals surface area contributed by atoms with Crippen molar-refractivity contribution in [3.8, 4) is 11.5 Å². The van der Waals surface area contributed by atoms with E-state index in [0.717, 1.165) is 55.5 Å². The Morgan fingerprint density at radius 1 is 0.873 bits per heavy atom. The zero-order chi connectivity index (χ0) is 39.8. The number of carbonyl (C=O) groups excluding carboxylic acids is 1. The molecule has 1 aliphatic rings. The van der Waals surface area contributed by atoms with Crippen molar-refractivity contribution in [3.05, 3.63) is 141 Å². The van der Waals surface area contributed by atoms with Gasteiger partial charge in [0.2, 0.25) is 5.56 Å². The molecule has 5 aromatic rings. The Balaban J connectivity index is 0.00000105. The van der Waals surface area contributed by atoms with Crippen LogP contribution in [-0.4, -0.2) is 87.5 Å². The molecule has 0 radical (unpaired) electrons. The number of benzene rings is 4. The molecule has 1 aromatic heterocycles. The molecule has 4 aromatic carbocycles. The number of aliphatic hydroxyl groups excluding tert-OH is 1. The number of hydrogen-bond acceptors (Lipinski definition) is 9. The highest BCUT2D eigenvalue weighted by Gasteiger charge is 2.39. The molecule has 290 valence electrons. The highest BCUT2D eigenvalue weighted by atomic mass is 16.3. The minimum Gasteiger partial charge on any atom is -0.508 e. The van der Waals surface area contributed by atoms with Gasteiger partial charge in [0.25, 0.3) is 18.9 Å². The largest absolute Gasteiger partial charge is 0.508 e. The first-order valence-electron chi connectivity index (χ1n) is 17.9. The number of aromatic nitrogens is 1. The Morgan fingerprint density at radius 3 is 2.18 bits per heavy atom. The summed E-state index contributed by atoms with van der Waals surface area (Å²) in [5.74, 6) is 0.157. The number of amides is 1. The van der Waals surface area contributed by atoms with Gasteiger partial charge in [-0.3, -0.25) is 19.2 Å². The van der Waals surface area contributed by atoms with E-state index >= 15 is 0 Å². The third-order valence-corrected chi connectivity index (χ3v) is 9.82. The molecule has 0 bridgehead atoms. The van der Waals surface area contributed by atoms with Crippen molar-refractivity contribution in [2.45, 2.75) is 43.7 Å². The molecule has 2 heterocycles. The summed E-state index contributed by atoms with van der Waals surface area (Å²) in [6, 6.07) is 29.9. The van der Waals surface area contributed by atoms with Crippen molar-refractivity contribution >= 4 is 29.8 Å². The Labute approximate surface area is 318 Å². The lowest BCUT2D eigenvalue weighted by Crippen LogP contribution is -2.41. The van der Waals surface area contributed by atoms with Gasteiger partial charge in [-0.15, -0.1) is 0 Å². The van der Waals surface area contributed by atoms with Gasteiger partial charge in [-0.1, -0.05) is 60.7 Å². The first kappa shape index (κ1) is 41.7. The van der Waals surface area contributed by atoms with Crippen molar-refractivity contribution in [3.63, 3.8) is 0 Å². The van der Waals surface area contributed by atoms with Gasteiger partial charge >= 0.3 is 0 Å². The quantitative estimate of drug-likeness (QED) is 0.0655. The molecule has 1 fully saturated rings. The molecule has 0 spiro atoms. The average molecular weight is 753 g/mol. The van der Waals surface area contributed by atoms with Crippen molar-refractivity contribution in [2.24, 2.45) is 0 Å². The number of hydrogen-bond donors (Lipinski definition) is 8. The number of nitrogens with zero attached hydrogens (tertiary/aromatic N) is 1. The number of rotatable bonds is 12. The second kappa shape index (κ2) is 20.4.